The van der Waals surface area contributed by atoms with Gasteiger partial charge in [0.15, 0.2) is 17.5 Å². The van der Waals surface area contributed by atoms with Crippen LogP contribution in [0.2, 0.25) is 5.02 Å². The minimum atomic E-state index is -1.72. The number of anilines is 2. The van der Waals surface area contributed by atoms with E-state index in [2.05, 4.69) is 5.32 Å². The lowest BCUT2D eigenvalue weighted by Gasteiger charge is -2.22. The van der Waals surface area contributed by atoms with Crippen LogP contribution >= 0.6 is 11.6 Å². The van der Waals surface area contributed by atoms with Crippen molar-refractivity contribution >= 4 is 34.8 Å². The van der Waals surface area contributed by atoms with E-state index in [4.69, 9.17) is 11.6 Å². The summed E-state index contributed by atoms with van der Waals surface area (Å²) in [6.45, 7) is 4.07. The van der Waals surface area contributed by atoms with Crippen molar-refractivity contribution in [1.29, 1.82) is 0 Å². The third-order valence-electron chi connectivity index (χ3n) is 3.68. The van der Waals surface area contributed by atoms with E-state index in [0.717, 1.165) is 18.6 Å². The van der Waals surface area contributed by atoms with Crippen LogP contribution in [0.15, 0.2) is 24.3 Å². The van der Waals surface area contributed by atoms with Gasteiger partial charge in [-0.3, -0.25) is 9.59 Å². The second-order valence-corrected chi connectivity index (χ2v) is 6.19. The van der Waals surface area contributed by atoms with Gasteiger partial charge < -0.3 is 10.2 Å². The first-order valence-electron chi connectivity index (χ1n) is 7.60. The van der Waals surface area contributed by atoms with Gasteiger partial charge in [0.05, 0.1) is 16.4 Å². The van der Waals surface area contributed by atoms with Crippen LogP contribution in [0.4, 0.5) is 24.5 Å². The van der Waals surface area contributed by atoms with Crippen molar-refractivity contribution in [3.8, 4) is 0 Å². The molecule has 0 saturated carbocycles. The summed E-state index contributed by atoms with van der Waals surface area (Å²) in [5.41, 5.74) is 1.44. The van der Waals surface area contributed by atoms with Crippen molar-refractivity contribution in [3.63, 3.8) is 0 Å². The molecule has 138 valence electrons. The fraction of sp³-hybridized carbons (Fsp3) is 0.222. The van der Waals surface area contributed by atoms with Gasteiger partial charge in [0.1, 0.15) is 6.54 Å². The molecule has 2 rings (SSSR count). The number of amides is 2. The van der Waals surface area contributed by atoms with Crippen LogP contribution in [0, 0.1) is 31.3 Å². The maximum Gasteiger partial charge on any atom is 0.244 e. The third kappa shape index (κ3) is 4.16. The number of carbonyl (C=O) groups is 2. The number of benzene rings is 2. The molecule has 0 bridgehead atoms. The molecule has 0 fully saturated rings. The Balaban J connectivity index is 2.28. The van der Waals surface area contributed by atoms with E-state index in [-0.39, 0.29) is 0 Å². The quantitative estimate of drug-likeness (QED) is 0.796. The van der Waals surface area contributed by atoms with E-state index >= 15 is 0 Å². The van der Waals surface area contributed by atoms with E-state index < -0.39 is 41.5 Å². The van der Waals surface area contributed by atoms with Gasteiger partial charge in [-0.05, 0) is 43.2 Å². The fourth-order valence-electron chi connectivity index (χ4n) is 2.49. The first-order chi connectivity index (χ1) is 12.1. The molecule has 0 aromatic heterocycles. The molecular weight excluding hydrogens is 369 g/mol. The third-order valence-corrected chi connectivity index (χ3v) is 3.98. The van der Waals surface area contributed by atoms with E-state index in [9.17, 15) is 22.8 Å². The Bertz CT molecular complexity index is 864. The van der Waals surface area contributed by atoms with Crippen LogP contribution in [0.1, 0.15) is 18.1 Å². The summed E-state index contributed by atoms with van der Waals surface area (Å²) in [4.78, 5) is 24.8. The average molecular weight is 385 g/mol. The predicted molar refractivity (Wildman–Crippen MR) is 93.9 cm³/mol. The molecule has 0 unspecified atom stereocenters. The Morgan fingerprint density at radius 1 is 1.12 bits per heavy atom. The van der Waals surface area contributed by atoms with Crippen molar-refractivity contribution in [2.45, 2.75) is 20.8 Å². The molecule has 0 aliphatic heterocycles. The van der Waals surface area contributed by atoms with Gasteiger partial charge in [0.25, 0.3) is 0 Å². The monoisotopic (exact) mass is 384 g/mol. The van der Waals surface area contributed by atoms with Crippen molar-refractivity contribution < 1.29 is 22.8 Å². The highest BCUT2D eigenvalue weighted by Crippen LogP contribution is 2.28. The molecule has 1 N–H and O–H groups in total. The molecule has 0 aliphatic rings. The number of rotatable bonds is 4. The molecule has 0 radical (unpaired) electrons. The van der Waals surface area contributed by atoms with E-state index in [1.165, 1.54) is 0 Å². The lowest BCUT2D eigenvalue weighted by atomic mass is 10.1. The first kappa shape index (κ1) is 19.8. The van der Waals surface area contributed by atoms with Crippen LogP contribution in [-0.4, -0.2) is 18.4 Å². The number of nitrogens with one attached hydrogen (secondary N) is 1. The highest BCUT2D eigenvalue weighted by molar-refractivity contribution is 6.34. The van der Waals surface area contributed by atoms with Gasteiger partial charge in [-0.15, -0.1) is 0 Å². The number of nitrogens with zero attached hydrogens (tertiary/aromatic N) is 1. The van der Waals surface area contributed by atoms with Gasteiger partial charge >= 0.3 is 0 Å². The Morgan fingerprint density at radius 3 is 2.35 bits per heavy atom. The standard InChI is InChI=1S/C18H16ClF3N2O2/c1-9-6-10(2)18(12(19)7-9)23-15(26)8-24(11(3)25)14-5-4-13(20)16(21)17(14)22/h4-7H,8H2,1-3H3,(H,23,26). The molecule has 2 aromatic carbocycles. The van der Waals surface area contributed by atoms with Crippen molar-refractivity contribution in [2.24, 2.45) is 0 Å². The Labute approximate surface area is 153 Å². The van der Waals surface area contributed by atoms with Gasteiger partial charge in [-0.2, -0.15) is 0 Å². The van der Waals surface area contributed by atoms with Crippen LogP contribution < -0.4 is 10.2 Å². The maximum atomic E-state index is 14.0. The Kier molecular flexibility index (Phi) is 5.92. The predicted octanol–water partition coefficient (Wildman–Crippen LogP) is 4.37. The minimum absolute atomic E-state index is 0.309. The van der Waals surface area contributed by atoms with Gasteiger partial charge in [-0.25, -0.2) is 13.2 Å². The molecule has 0 heterocycles. The van der Waals surface area contributed by atoms with E-state index in [0.29, 0.717) is 27.2 Å². The summed E-state index contributed by atoms with van der Waals surface area (Å²) < 4.78 is 40.5. The van der Waals surface area contributed by atoms with Crippen LogP contribution in [0.25, 0.3) is 0 Å². The molecular formula is C18H16ClF3N2O2. The van der Waals surface area contributed by atoms with Crippen LogP contribution in [0.5, 0.6) is 0 Å². The SMILES string of the molecule is CC(=O)N(CC(=O)Nc1c(C)cc(C)cc1Cl)c1ccc(F)c(F)c1F. The van der Waals surface area contributed by atoms with Gasteiger partial charge in [0.2, 0.25) is 11.8 Å². The summed E-state index contributed by atoms with van der Waals surface area (Å²) >= 11 is 6.11. The van der Waals surface area contributed by atoms with Crippen molar-refractivity contribution in [2.75, 3.05) is 16.8 Å². The second kappa shape index (κ2) is 7.78. The highest BCUT2D eigenvalue weighted by Gasteiger charge is 2.23. The molecule has 8 heteroatoms. The van der Waals surface area contributed by atoms with Gasteiger partial charge in [-0.1, -0.05) is 17.7 Å². The smallest absolute Gasteiger partial charge is 0.244 e. The molecule has 0 saturated heterocycles. The highest BCUT2D eigenvalue weighted by atomic mass is 35.5. The van der Waals surface area contributed by atoms with Crippen molar-refractivity contribution in [1.82, 2.24) is 0 Å². The number of carbonyl (C=O) groups excluding carboxylic acids is 2. The largest absolute Gasteiger partial charge is 0.323 e. The normalized spacial score (nSPS) is 10.6. The molecule has 2 amide bonds. The van der Waals surface area contributed by atoms with E-state index in [1.54, 1.807) is 19.1 Å². The van der Waals surface area contributed by atoms with Crippen molar-refractivity contribution in [3.05, 3.63) is 57.9 Å². The lowest BCUT2D eigenvalue weighted by Crippen LogP contribution is -2.37. The lowest BCUT2D eigenvalue weighted by molar-refractivity contribution is -0.120. The summed E-state index contributed by atoms with van der Waals surface area (Å²) in [6.07, 6.45) is 0. The zero-order chi connectivity index (χ0) is 19.6. The first-order valence-corrected chi connectivity index (χ1v) is 7.97. The molecule has 26 heavy (non-hydrogen) atoms. The number of aryl methyl sites for hydroxylation is 2. The van der Waals surface area contributed by atoms with Crippen LogP contribution in [0.3, 0.4) is 0 Å². The molecule has 4 nitrogen and oxygen atoms in total. The number of halogens is 4. The number of hydrogen-bond donors (Lipinski definition) is 1. The summed E-state index contributed by atoms with van der Waals surface area (Å²) in [5.74, 6) is -6.03. The zero-order valence-corrected chi connectivity index (χ0v) is 15.0. The molecule has 0 aliphatic carbocycles. The minimum Gasteiger partial charge on any atom is -0.323 e. The molecule has 2 aromatic rings. The topological polar surface area (TPSA) is 49.4 Å². The number of hydrogen-bond acceptors (Lipinski definition) is 2. The summed E-state index contributed by atoms with van der Waals surface area (Å²) in [6, 6.07) is 5.04. The zero-order valence-electron chi connectivity index (χ0n) is 14.3. The average Bonchev–Trinajstić information content (AvgIpc) is 2.54. The summed E-state index contributed by atoms with van der Waals surface area (Å²) in [5, 5.41) is 2.86. The Hall–Kier alpha value is -2.54. The maximum absolute atomic E-state index is 14.0. The second-order valence-electron chi connectivity index (χ2n) is 5.79. The van der Waals surface area contributed by atoms with E-state index in [1.807, 2.05) is 6.92 Å². The van der Waals surface area contributed by atoms with Crippen LogP contribution in [-0.2, 0) is 9.59 Å². The Morgan fingerprint density at radius 2 is 1.77 bits per heavy atom. The summed E-state index contributed by atoms with van der Waals surface area (Å²) in [7, 11) is 0. The molecule has 0 atom stereocenters. The molecule has 0 spiro atoms. The van der Waals surface area contributed by atoms with Gasteiger partial charge in [0, 0.05) is 6.92 Å². The fourth-order valence-corrected chi connectivity index (χ4v) is 2.86.